The van der Waals surface area contributed by atoms with Gasteiger partial charge in [-0.2, -0.15) is 0 Å². The summed E-state index contributed by atoms with van der Waals surface area (Å²) in [6, 6.07) is 5.94. The molecule has 0 aromatic carbocycles. The first-order valence-electron chi connectivity index (χ1n) is 5.62. The second-order valence-electron chi connectivity index (χ2n) is 3.91. The van der Waals surface area contributed by atoms with Gasteiger partial charge in [0.05, 0.1) is 18.9 Å². The van der Waals surface area contributed by atoms with Crippen LogP contribution in [0.2, 0.25) is 0 Å². The molecule has 0 saturated carbocycles. The van der Waals surface area contributed by atoms with Gasteiger partial charge in [0.2, 0.25) is 0 Å². The van der Waals surface area contributed by atoms with Crippen LogP contribution in [0, 0.1) is 0 Å². The molecule has 0 bridgehead atoms. The van der Waals surface area contributed by atoms with E-state index in [0.717, 1.165) is 38.5 Å². The lowest BCUT2D eigenvalue weighted by Crippen LogP contribution is -2.23. The number of nitrogens with one attached hydrogen (secondary N) is 1. The van der Waals surface area contributed by atoms with Crippen LogP contribution in [-0.2, 0) is 11.3 Å². The van der Waals surface area contributed by atoms with Crippen molar-refractivity contribution in [1.29, 1.82) is 0 Å². The molecule has 1 rings (SSSR count). The van der Waals surface area contributed by atoms with Crippen molar-refractivity contribution in [2.75, 3.05) is 40.4 Å². The Kier molecular flexibility index (Phi) is 6.72. The minimum absolute atomic E-state index is 0.751. The number of likely N-dealkylation sites (N-methyl/N-ethyl adjacent to an activating group) is 1. The molecule has 0 saturated heterocycles. The van der Waals surface area contributed by atoms with Gasteiger partial charge in [0.25, 0.3) is 0 Å². The standard InChI is InChI=1S/C12H21N3O/c1-15(2)8-10-16-9-7-13-11-12-5-3-4-6-14-12/h3-6,13H,7-11H2,1-2H3. The second kappa shape index (κ2) is 8.21. The quantitative estimate of drug-likeness (QED) is 0.660. The van der Waals surface area contributed by atoms with Gasteiger partial charge in [0, 0.05) is 25.8 Å². The number of nitrogens with zero attached hydrogens (tertiary/aromatic N) is 2. The number of rotatable bonds is 8. The van der Waals surface area contributed by atoms with Crippen LogP contribution in [0.5, 0.6) is 0 Å². The van der Waals surface area contributed by atoms with Crippen molar-refractivity contribution in [2.24, 2.45) is 0 Å². The Hall–Kier alpha value is -0.970. The van der Waals surface area contributed by atoms with E-state index in [1.165, 1.54) is 0 Å². The highest BCUT2D eigenvalue weighted by Crippen LogP contribution is 1.91. The van der Waals surface area contributed by atoms with Crippen LogP contribution in [0.4, 0.5) is 0 Å². The number of pyridine rings is 1. The van der Waals surface area contributed by atoms with Crippen LogP contribution in [0.25, 0.3) is 0 Å². The second-order valence-corrected chi connectivity index (χ2v) is 3.91. The monoisotopic (exact) mass is 223 g/mol. The van der Waals surface area contributed by atoms with Crippen LogP contribution in [0.15, 0.2) is 24.4 Å². The Morgan fingerprint density at radius 3 is 2.88 bits per heavy atom. The third-order valence-electron chi connectivity index (χ3n) is 2.14. The number of hydrogen-bond acceptors (Lipinski definition) is 4. The molecule has 16 heavy (non-hydrogen) atoms. The van der Waals surface area contributed by atoms with Crippen molar-refractivity contribution in [3.05, 3.63) is 30.1 Å². The average Bonchev–Trinajstić information content (AvgIpc) is 2.29. The summed E-state index contributed by atoms with van der Waals surface area (Å²) in [4.78, 5) is 6.34. The van der Waals surface area contributed by atoms with Gasteiger partial charge in [-0.3, -0.25) is 4.98 Å². The lowest BCUT2D eigenvalue weighted by atomic mass is 10.3. The summed E-state index contributed by atoms with van der Waals surface area (Å²) in [6.07, 6.45) is 1.81. The first kappa shape index (κ1) is 13.1. The molecule has 0 unspecified atom stereocenters. The van der Waals surface area contributed by atoms with Gasteiger partial charge in [0.15, 0.2) is 0 Å². The third-order valence-corrected chi connectivity index (χ3v) is 2.14. The largest absolute Gasteiger partial charge is 0.379 e. The molecular weight excluding hydrogens is 202 g/mol. The predicted molar refractivity (Wildman–Crippen MR) is 65.3 cm³/mol. The molecule has 0 spiro atoms. The molecule has 4 heteroatoms. The molecule has 0 atom stereocenters. The van der Waals surface area contributed by atoms with Crippen LogP contribution in [0.3, 0.4) is 0 Å². The predicted octanol–water partition coefficient (Wildman–Crippen LogP) is 0.749. The van der Waals surface area contributed by atoms with E-state index in [4.69, 9.17) is 4.74 Å². The molecule has 1 heterocycles. The topological polar surface area (TPSA) is 37.4 Å². The molecule has 1 aromatic rings. The summed E-state index contributed by atoms with van der Waals surface area (Å²) in [5, 5.41) is 3.29. The van der Waals surface area contributed by atoms with Crippen molar-refractivity contribution < 1.29 is 4.74 Å². The number of aromatic nitrogens is 1. The lowest BCUT2D eigenvalue weighted by Gasteiger charge is -2.10. The summed E-state index contributed by atoms with van der Waals surface area (Å²) in [7, 11) is 4.09. The molecule has 1 N–H and O–H groups in total. The molecule has 0 aliphatic rings. The third kappa shape index (κ3) is 6.50. The molecule has 1 aromatic heterocycles. The maximum Gasteiger partial charge on any atom is 0.0593 e. The first-order chi connectivity index (χ1) is 7.79. The molecule has 0 aliphatic carbocycles. The van der Waals surface area contributed by atoms with Gasteiger partial charge >= 0.3 is 0 Å². The number of ether oxygens (including phenoxy) is 1. The zero-order valence-electron chi connectivity index (χ0n) is 10.1. The van der Waals surface area contributed by atoms with Crippen LogP contribution < -0.4 is 5.32 Å². The summed E-state index contributed by atoms with van der Waals surface area (Å²) in [6.45, 7) is 4.18. The minimum Gasteiger partial charge on any atom is -0.379 e. The molecule has 0 fully saturated rings. The Morgan fingerprint density at radius 2 is 2.19 bits per heavy atom. The van der Waals surface area contributed by atoms with Gasteiger partial charge in [-0.05, 0) is 26.2 Å². The normalized spacial score (nSPS) is 10.9. The molecule has 0 radical (unpaired) electrons. The minimum atomic E-state index is 0.751. The van der Waals surface area contributed by atoms with E-state index in [1.807, 2.05) is 38.5 Å². The van der Waals surface area contributed by atoms with E-state index in [-0.39, 0.29) is 0 Å². The van der Waals surface area contributed by atoms with Crippen molar-refractivity contribution in [3.8, 4) is 0 Å². The van der Waals surface area contributed by atoms with Crippen molar-refractivity contribution in [1.82, 2.24) is 15.2 Å². The molecular formula is C12H21N3O. The molecule has 90 valence electrons. The summed E-state index contributed by atoms with van der Waals surface area (Å²) in [5.74, 6) is 0. The van der Waals surface area contributed by atoms with Gasteiger partial charge < -0.3 is 15.0 Å². The Balaban J connectivity index is 1.93. The fourth-order valence-corrected chi connectivity index (χ4v) is 1.21. The Labute approximate surface area is 97.6 Å². The summed E-state index contributed by atoms with van der Waals surface area (Å²) < 4.78 is 5.46. The fourth-order valence-electron chi connectivity index (χ4n) is 1.21. The smallest absolute Gasteiger partial charge is 0.0593 e. The van der Waals surface area contributed by atoms with Crippen molar-refractivity contribution in [3.63, 3.8) is 0 Å². The highest BCUT2D eigenvalue weighted by molar-refractivity contribution is 5.02. The average molecular weight is 223 g/mol. The van der Waals surface area contributed by atoms with E-state index in [9.17, 15) is 0 Å². The molecule has 0 amide bonds. The van der Waals surface area contributed by atoms with Crippen molar-refractivity contribution >= 4 is 0 Å². The molecule has 4 nitrogen and oxygen atoms in total. The van der Waals surface area contributed by atoms with E-state index >= 15 is 0 Å². The summed E-state index contributed by atoms with van der Waals surface area (Å²) in [5.41, 5.74) is 1.07. The summed E-state index contributed by atoms with van der Waals surface area (Å²) >= 11 is 0. The highest BCUT2D eigenvalue weighted by Gasteiger charge is 1.93. The first-order valence-corrected chi connectivity index (χ1v) is 5.62. The Bertz CT molecular complexity index is 264. The lowest BCUT2D eigenvalue weighted by molar-refractivity contribution is 0.119. The molecule has 0 aliphatic heterocycles. The highest BCUT2D eigenvalue weighted by atomic mass is 16.5. The van der Waals surface area contributed by atoms with Crippen molar-refractivity contribution in [2.45, 2.75) is 6.54 Å². The van der Waals surface area contributed by atoms with E-state index in [2.05, 4.69) is 15.2 Å². The number of hydrogen-bond donors (Lipinski definition) is 1. The zero-order valence-corrected chi connectivity index (χ0v) is 10.1. The SMILES string of the molecule is CN(C)CCOCCNCc1ccccn1. The van der Waals surface area contributed by atoms with Crippen LogP contribution in [0.1, 0.15) is 5.69 Å². The van der Waals surface area contributed by atoms with Gasteiger partial charge in [0.1, 0.15) is 0 Å². The van der Waals surface area contributed by atoms with Gasteiger partial charge in [-0.25, -0.2) is 0 Å². The maximum atomic E-state index is 5.46. The fraction of sp³-hybridized carbons (Fsp3) is 0.583. The Morgan fingerprint density at radius 1 is 1.31 bits per heavy atom. The van der Waals surface area contributed by atoms with Crippen LogP contribution >= 0.6 is 0 Å². The van der Waals surface area contributed by atoms with E-state index < -0.39 is 0 Å². The maximum absolute atomic E-state index is 5.46. The van der Waals surface area contributed by atoms with E-state index in [0.29, 0.717) is 0 Å². The van der Waals surface area contributed by atoms with Gasteiger partial charge in [-0.1, -0.05) is 6.07 Å². The zero-order chi connectivity index (χ0) is 11.6. The van der Waals surface area contributed by atoms with E-state index in [1.54, 1.807) is 0 Å². The van der Waals surface area contributed by atoms with Gasteiger partial charge in [-0.15, -0.1) is 0 Å². The van der Waals surface area contributed by atoms with Crippen LogP contribution in [-0.4, -0.2) is 50.3 Å².